The maximum Gasteiger partial charge on any atom is 0.274 e. The first kappa shape index (κ1) is 22.7. The third kappa shape index (κ3) is 4.66. The van der Waals surface area contributed by atoms with Crippen LogP contribution in [0.1, 0.15) is 35.1 Å². The van der Waals surface area contributed by atoms with E-state index < -0.39 is 10.0 Å². The van der Waals surface area contributed by atoms with Gasteiger partial charge in [0.1, 0.15) is 17.0 Å². The summed E-state index contributed by atoms with van der Waals surface area (Å²) in [6, 6.07) is 14.9. The number of aryl methyl sites for hydroxylation is 1. The Labute approximate surface area is 196 Å². The summed E-state index contributed by atoms with van der Waals surface area (Å²) in [4.78, 5) is 15.6. The summed E-state index contributed by atoms with van der Waals surface area (Å²) in [5.74, 6) is 1.54. The molecule has 4 rings (SSSR count). The van der Waals surface area contributed by atoms with Crippen molar-refractivity contribution in [1.82, 2.24) is 9.55 Å². The van der Waals surface area contributed by atoms with Gasteiger partial charge < -0.3 is 14.3 Å². The predicted molar refractivity (Wildman–Crippen MR) is 137 cm³/mol. The largest absolute Gasteiger partial charge is 0.457 e. The van der Waals surface area contributed by atoms with E-state index in [0.29, 0.717) is 34.2 Å². The molecule has 0 radical (unpaired) electrons. The van der Waals surface area contributed by atoms with Crippen molar-refractivity contribution in [1.29, 1.82) is 0 Å². The number of nitrogens with zero attached hydrogens (tertiary/aromatic N) is 1. The van der Waals surface area contributed by atoms with Crippen LogP contribution < -0.4 is 15.0 Å². The lowest BCUT2D eigenvalue weighted by molar-refractivity contribution is 0.483. The number of aromatic nitrogens is 2. The van der Waals surface area contributed by atoms with Crippen LogP contribution >= 0.6 is 0 Å². The molecule has 33 heavy (non-hydrogen) atoms. The van der Waals surface area contributed by atoms with Gasteiger partial charge in [-0.2, -0.15) is 0 Å². The van der Waals surface area contributed by atoms with E-state index in [-0.39, 0.29) is 14.2 Å². The molecule has 0 saturated carbocycles. The maximum atomic E-state index is 12.6. The van der Waals surface area contributed by atoms with Gasteiger partial charge in [0.2, 0.25) is 10.0 Å². The number of ether oxygens (including phenoxy) is 1. The molecule has 8 heteroatoms. The van der Waals surface area contributed by atoms with Crippen LogP contribution in [-0.2, 0) is 17.1 Å². The average Bonchev–Trinajstić information content (AvgIpc) is 3.28. The number of fused-ring (bicyclic) bond motifs is 1. The Hall–Kier alpha value is -3.52. The summed E-state index contributed by atoms with van der Waals surface area (Å²) in [7, 11) is -1.77. The number of benzene rings is 2. The first-order valence-electron chi connectivity index (χ1n) is 10.8. The third-order valence-electron chi connectivity index (χ3n) is 5.57. The van der Waals surface area contributed by atoms with Gasteiger partial charge in [0, 0.05) is 44.5 Å². The standard InChI is InChI=1S/C25H27N3O4S.2H2/c1-5-33(30,31)27-18-9-10-23(32-19-8-6-7-17(13-19)16(2)3)21(14-18)22-15-28(4)25(29)24-20(22)11-12-26-24;;/h6-16,26-27H,5H2,1-4H3;2*1H. The molecule has 0 aliphatic carbocycles. The normalized spacial score (nSPS) is 11.8. The quantitative estimate of drug-likeness (QED) is 0.363. The van der Waals surface area contributed by atoms with E-state index in [1.165, 1.54) is 4.57 Å². The van der Waals surface area contributed by atoms with Gasteiger partial charge >= 0.3 is 0 Å². The van der Waals surface area contributed by atoms with E-state index in [4.69, 9.17) is 4.74 Å². The smallest absolute Gasteiger partial charge is 0.274 e. The molecule has 4 aromatic rings. The first-order valence-corrected chi connectivity index (χ1v) is 12.4. The van der Waals surface area contributed by atoms with Gasteiger partial charge in [-0.3, -0.25) is 9.52 Å². The minimum atomic E-state index is -3.46. The van der Waals surface area contributed by atoms with Crippen LogP contribution in [0.25, 0.3) is 22.0 Å². The third-order valence-corrected chi connectivity index (χ3v) is 6.88. The Morgan fingerprint density at radius 1 is 1.12 bits per heavy atom. The fourth-order valence-electron chi connectivity index (χ4n) is 3.69. The summed E-state index contributed by atoms with van der Waals surface area (Å²) in [5.41, 5.74) is 3.32. The van der Waals surface area contributed by atoms with Crippen LogP contribution in [0.2, 0.25) is 0 Å². The molecule has 2 aromatic heterocycles. The van der Waals surface area contributed by atoms with Crippen LogP contribution in [0.3, 0.4) is 0 Å². The minimum absolute atomic E-state index is 0. The SMILES string of the molecule is CCS(=O)(=O)Nc1ccc(Oc2cccc(C(C)C)c2)c(-c2cn(C)c(=O)c3[nH]ccc23)c1.[HH].[HH]. The number of pyridine rings is 1. The van der Waals surface area contributed by atoms with E-state index in [0.717, 1.165) is 16.5 Å². The highest BCUT2D eigenvalue weighted by Crippen LogP contribution is 2.38. The molecule has 0 bridgehead atoms. The van der Waals surface area contributed by atoms with Crippen LogP contribution in [0, 0.1) is 0 Å². The van der Waals surface area contributed by atoms with Crippen molar-refractivity contribution in [3.63, 3.8) is 0 Å². The molecular weight excluding hydrogens is 438 g/mol. The van der Waals surface area contributed by atoms with Crippen LogP contribution in [0.4, 0.5) is 5.69 Å². The zero-order chi connectivity index (χ0) is 23.8. The zero-order valence-electron chi connectivity index (χ0n) is 19.0. The van der Waals surface area contributed by atoms with Crippen molar-refractivity contribution < 1.29 is 16.0 Å². The topological polar surface area (TPSA) is 93.2 Å². The number of hydrogen-bond donors (Lipinski definition) is 2. The van der Waals surface area contributed by atoms with Gasteiger partial charge in [0.05, 0.1) is 5.75 Å². The number of H-pyrrole nitrogens is 1. The Balaban J connectivity index is 0.00000216. The number of anilines is 1. The second-order valence-corrected chi connectivity index (χ2v) is 10.3. The van der Waals surface area contributed by atoms with Gasteiger partial charge in [-0.15, -0.1) is 0 Å². The number of hydrogen-bond acceptors (Lipinski definition) is 4. The lowest BCUT2D eigenvalue weighted by Crippen LogP contribution is -2.17. The van der Waals surface area contributed by atoms with Gasteiger partial charge in [0.25, 0.3) is 5.56 Å². The van der Waals surface area contributed by atoms with E-state index in [2.05, 4.69) is 29.6 Å². The highest BCUT2D eigenvalue weighted by molar-refractivity contribution is 7.92. The number of sulfonamides is 1. The van der Waals surface area contributed by atoms with E-state index >= 15 is 0 Å². The molecule has 0 aliphatic heterocycles. The van der Waals surface area contributed by atoms with Crippen LogP contribution in [-0.4, -0.2) is 23.7 Å². The van der Waals surface area contributed by atoms with Gasteiger partial charge in [-0.1, -0.05) is 26.0 Å². The molecule has 176 valence electrons. The molecule has 7 nitrogen and oxygen atoms in total. The highest BCUT2D eigenvalue weighted by atomic mass is 32.2. The number of aromatic amines is 1. The second-order valence-electron chi connectivity index (χ2n) is 8.27. The van der Waals surface area contributed by atoms with Gasteiger partial charge in [-0.05, 0) is 54.8 Å². The Morgan fingerprint density at radius 2 is 1.91 bits per heavy atom. The summed E-state index contributed by atoms with van der Waals surface area (Å²) in [5, 5.41) is 0.731. The number of rotatable bonds is 7. The summed E-state index contributed by atoms with van der Waals surface area (Å²) < 4.78 is 34.7. The lowest BCUT2D eigenvalue weighted by Gasteiger charge is -2.16. The Kier molecular flexibility index (Phi) is 6.03. The number of nitrogens with one attached hydrogen (secondary N) is 2. The van der Waals surface area contributed by atoms with Gasteiger partial charge in [-0.25, -0.2) is 8.42 Å². The first-order chi connectivity index (χ1) is 15.7. The monoisotopic (exact) mass is 469 g/mol. The highest BCUT2D eigenvalue weighted by Gasteiger charge is 2.17. The van der Waals surface area contributed by atoms with Crippen molar-refractivity contribution in [2.24, 2.45) is 7.05 Å². The van der Waals surface area contributed by atoms with E-state index in [1.54, 1.807) is 44.6 Å². The minimum Gasteiger partial charge on any atom is -0.457 e. The molecule has 2 heterocycles. The Bertz CT molecular complexity index is 1490. The molecule has 2 aromatic carbocycles. The van der Waals surface area contributed by atoms with Crippen LogP contribution in [0.5, 0.6) is 11.5 Å². The fraction of sp³-hybridized carbons (Fsp3) is 0.240. The van der Waals surface area contributed by atoms with Crippen molar-refractivity contribution >= 4 is 26.6 Å². The predicted octanol–water partition coefficient (Wildman–Crippen LogP) is 5.70. The molecule has 0 unspecified atom stereocenters. The van der Waals surface area contributed by atoms with E-state index in [9.17, 15) is 13.2 Å². The van der Waals surface area contributed by atoms with Crippen molar-refractivity contribution in [3.8, 4) is 22.6 Å². The second kappa shape index (κ2) is 8.78. The van der Waals surface area contributed by atoms with Crippen molar-refractivity contribution in [2.45, 2.75) is 26.7 Å². The summed E-state index contributed by atoms with van der Waals surface area (Å²) in [6.45, 7) is 5.82. The Morgan fingerprint density at radius 3 is 2.64 bits per heavy atom. The molecule has 0 spiro atoms. The van der Waals surface area contributed by atoms with Gasteiger partial charge in [0.15, 0.2) is 0 Å². The molecule has 0 amide bonds. The van der Waals surface area contributed by atoms with E-state index in [1.807, 2.05) is 24.3 Å². The van der Waals surface area contributed by atoms with Crippen molar-refractivity contribution in [3.05, 3.63) is 76.8 Å². The summed E-state index contributed by atoms with van der Waals surface area (Å²) in [6.07, 6.45) is 3.45. The molecule has 2 N–H and O–H groups in total. The zero-order valence-corrected chi connectivity index (χ0v) is 19.9. The van der Waals surface area contributed by atoms with Crippen molar-refractivity contribution in [2.75, 3.05) is 10.5 Å². The lowest BCUT2D eigenvalue weighted by atomic mass is 10.0. The molecule has 0 aliphatic rings. The summed E-state index contributed by atoms with van der Waals surface area (Å²) >= 11 is 0. The average molecular weight is 470 g/mol. The maximum absolute atomic E-state index is 12.6. The van der Waals surface area contributed by atoms with Crippen LogP contribution in [0.15, 0.2) is 65.7 Å². The molecular formula is C25H31N3O4S. The molecule has 0 fully saturated rings. The molecule has 0 saturated heterocycles. The molecule has 0 atom stereocenters. The fourth-order valence-corrected chi connectivity index (χ4v) is 4.32.